The molecular formula is C15H24N2O2. The standard InChI is InChI=1S/C15H24N2O2/c1-5-16-14(15(18)19-6-2)11-17(4)13-9-7-8-12(3)10-13/h7-10,14,16H,5-6,11H2,1-4H3. The Bertz CT molecular complexity index is 407. The van der Waals surface area contributed by atoms with E-state index in [2.05, 4.69) is 29.3 Å². The van der Waals surface area contributed by atoms with Crippen LogP contribution in [0.25, 0.3) is 0 Å². The smallest absolute Gasteiger partial charge is 0.324 e. The van der Waals surface area contributed by atoms with E-state index in [9.17, 15) is 4.79 Å². The van der Waals surface area contributed by atoms with Gasteiger partial charge in [0.2, 0.25) is 0 Å². The molecule has 1 aromatic carbocycles. The molecule has 0 aromatic heterocycles. The van der Waals surface area contributed by atoms with Gasteiger partial charge >= 0.3 is 5.97 Å². The molecule has 0 spiro atoms. The molecule has 0 heterocycles. The van der Waals surface area contributed by atoms with Gasteiger partial charge in [0.1, 0.15) is 6.04 Å². The minimum atomic E-state index is -0.296. The molecule has 0 aliphatic heterocycles. The zero-order valence-electron chi connectivity index (χ0n) is 12.3. The van der Waals surface area contributed by atoms with Crippen molar-refractivity contribution in [3.8, 4) is 0 Å². The molecule has 0 amide bonds. The molecule has 106 valence electrons. The van der Waals surface area contributed by atoms with Gasteiger partial charge in [-0.3, -0.25) is 4.79 Å². The lowest BCUT2D eigenvalue weighted by Gasteiger charge is -2.25. The van der Waals surface area contributed by atoms with Crippen LogP contribution >= 0.6 is 0 Å². The molecule has 1 rings (SSSR count). The van der Waals surface area contributed by atoms with Crippen molar-refractivity contribution in [2.24, 2.45) is 0 Å². The molecule has 0 saturated heterocycles. The number of carbonyl (C=O) groups is 1. The number of ether oxygens (including phenoxy) is 1. The molecule has 1 unspecified atom stereocenters. The number of rotatable bonds is 7. The number of nitrogens with zero attached hydrogens (tertiary/aromatic N) is 1. The van der Waals surface area contributed by atoms with Gasteiger partial charge in [-0.1, -0.05) is 19.1 Å². The molecule has 0 fully saturated rings. The number of likely N-dealkylation sites (N-methyl/N-ethyl adjacent to an activating group) is 2. The Hall–Kier alpha value is -1.55. The molecule has 0 aliphatic rings. The predicted octanol–water partition coefficient (Wildman–Crippen LogP) is 1.97. The first-order valence-corrected chi connectivity index (χ1v) is 6.76. The lowest BCUT2D eigenvalue weighted by atomic mass is 10.2. The Balaban J connectivity index is 2.70. The van der Waals surface area contributed by atoms with E-state index < -0.39 is 0 Å². The molecule has 4 heteroatoms. The predicted molar refractivity (Wildman–Crippen MR) is 78.5 cm³/mol. The number of aryl methyl sites for hydroxylation is 1. The van der Waals surface area contributed by atoms with Crippen molar-refractivity contribution in [3.05, 3.63) is 29.8 Å². The Kier molecular flexibility index (Phi) is 6.36. The van der Waals surface area contributed by atoms with Gasteiger partial charge in [-0.25, -0.2) is 0 Å². The van der Waals surface area contributed by atoms with Gasteiger partial charge in [-0.15, -0.1) is 0 Å². The highest BCUT2D eigenvalue weighted by molar-refractivity contribution is 5.76. The Labute approximate surface area is 115 Å². The van der Waals surface area contributed by atoms with Gasteiger partial charge in [0.15, 0.2) is 0 Å². The van der Waals surface area contributed by atoms with E-state index in [-0.39, 0.29) is 12.0 Å². The van der Waals surface area contributed by atoms with Crippen LogP contribution in [0.1, 0.15) is 19.4 Å². The molecule has 0 saturated carbocycles. The topological polar surface area (TPSA) is 41.6 Å². The highest BCUT2D eigenvalue weighted by Gasteiger charge is 2.20. The monoisotopic (exact) mass is 264 g/mol. The summed E-state index contributed by atoms with van der Waals surface area (Å²) in [6.07, 6.45) is 0. The van der Waals surface area contributed by atoms with E-state index >= 15 is 0 Å². The zero-order chi connectivity index (χ0) is 14.3. The molecule has 19 heavy (non-hydrogen) atoms. The fourth-order valence-electron chi connectivity index (χ4n) is 1.96. The van der Waals surface area contributed by atoms with Crippen LogP contribution in [0.3, 0.4) is 0 Å². The quantitative estimate of drug-likeness (QED) is 0.765. The van der Waals surface area contributed by atoms with E-state index in [0.29, 0.717) is 13.2 Å². The third-order valence-electron chi connectivity index (χ3n) is 2.92. The maximum absolute atomic E-state index is 11.9. The lowest BCUT2D eigenvalue weighted by Crippen LogP contribution is -2.46. The normalized spacial score (nSPS) is 12.0. The molecule has 1 N–H and O–H groups in total. The van der Waals surface area contributed by atoms with E-state index in [1.165, 1.54) is 5.56 Å². The van der Waals surface area contributed by atoms with Crippen molar-refractivity contribution in [2.45, 2.75) is 26.8 Å². The van der Waals surface area contributed by atoms with Crippen LogP contribution in [0, 0.1) is 6.92 Å². The van der Waals surface area contributed by atoms with Crippen LogP contribution in [0.4, 0.5) is 5.69 Å². The van der Waals surface area contributed by atoms with Gasteiger partial charge < -0.3 is 15.0 Å². The van der Waals surface area contributed by atoms with Crippen molar-refractivity contribution in [1.82, 2.24) is 5.32 Å². The summed E-state index contributed by atoms with van der Waals surface area (Å²) in [4.78, 5) is 13.9. The molecule has 0 bridgehead atoms. The highest BCUT2D eigenvalue weighted by Crippen LogP contribution is 2.14. The van der Waals surface area contributed by atoms with Gasteiger partial charge in [-0.05, 0) is 38.1 Å². The Morgan fingerprint density at radius 2 is 2.16 bits per heavy atom. The summed E-state index contributed by atoms with van der Waals surface area (Å²) in [5.41, 5.74) is 2.31. The van der Waals surface area contributed by atoms with Crippen LogP contribution in [0.5, 0.6) is 0 Å². The molecule has 0 aliphatic carbocycles. The first-order chi connectivity index (χ1) is 9.08. The highest BCUT2D eigenvalue weighted by atomic mass is 16.5. The van der Waals surface area contributed by atoms with Crippen molar-refractivity contribution in [3.63, 3.8) is 0 Å². The number of carbonyl (C=O) groups excluding carboxylic acids is 1. The number of anilines is 1. The van der Waals surface area contributed by atoms with Crippen LogP contribution in [0.15, 0.2) is 24.3 Å². The fourth-order valence-corrected chi connectivity index (χ4v) is 1.96. The van der Waals surface area contributed by atoms with Gasteiger partial charge in [0.05, 0.1) is 6.61 Å². The van der Waals surface area contributed by atoms with E-state index in [0.717, 1.165) is 12.2 Å². The summed E-state index contributed by atoms with van der Waals surface area (Å²) in [5, 5.41) is 3.17. The third-order valence-corrected chi connectivity index (χ3v) is 2.92. The summed E-state index contributed by atoms with van der Waals surface area (Å²) in [7, 11) is 1.98. The van der Waals surface area contributed by atoms with E-state index in [1.807, 2.05) is 33.0 Å². The number of hydrogen-bond donors (Lipinski definition) is 1. The number of nitrogens with one attached hydrogen (secondary N) is 1. The SMILES string of the molecule is CCNC(CN(C)c1cccc(C)c1)C(=O)OCC. The number of hydrogen-bond acceptors (Lipinski definition) is 4. The van der Waals surface area contributed by atoms with Crippen molar-refractivity contribution in [1.29, 1.82) is 0 Å². The third kappa shape index (κ3) is 4.91. The summed E-state index contributed by atoms with van der Waals surface area (Å²) in [6.45, 7) is 7.62. The van der Waals surface area contributed by atoms with Crippen molar-refractivity contribution in [2.75, 3.05) is 31.6 Å². The van der Waals surface area contributed by atoms with E-state index in [4.69, 9.17) is 4.74 Å². The summed E-state index contributed by atoms with van der Waals surface area (Å²) < 4.78 is 5.09. The minimum absolute atomic E-state index is 0.191. The van der Waals surface area contributed by atoms with Gasteiger partial charge in [0.25, 0.3) is 0 Å². The molecule has 4 nitrogen and oxygen atoms in total. The lowest BCUT2D eigenvalue weighted by molar-refractivity contribution is -0.145. The second-order valence-electron chi connectivity index (χ2n) is 4.58. The molecule has 0 radical (unpaired) electrons. The van der Waals surface area contributed by atoms with Crippen LogP contribution in [-0.4, -0.2) is 38.8 Å². The second kappa shape index (κ2) is 7.79. The maximum atomic E-state index is 11.9. The fraction of sp³-hybridized carbons (Fsp3) is 0.533. The summed E-state index contributed by atoms with van der Waals surface area (Å²) >= 11 is 0. The average Bonchev–Trinajstić information content (AvgIpc) is 2.38. The minimum Gasteiger partial charge on any atom is -0.465 e. The average molecular weight is 264 g/mol. The van der Waals surface area contributed by atoms with Crippen LogP contribution in [0.2, 0.25) is 0 Å². The largest absolute Gasteiger partial charge is 0.465 e. The second-order valence-corrected chi connectivity index (χ2v) is 4.58. The van der Waals surface area contributed by atoms with Crippen molar-refractivity contribution >= 4 is 11.7 Å². The van der Waals surface area contributed by atoms with Crippen LogP contribution < -0.4 is 10.2 Å². The molecule has 1 aromatic rings. The zero-order valence-corrected chi connectivity index (χ0v) is 12.3. The maximum Gasteiger partial charge on any atom is 0.324 e. The Morgan fingerprint density at radius 1 is 1.42 bits per heavy atom. The Morgan fingerprint density at radius 3 is 2.74 bits per heavy atom. The number of benzene rings is 1. The molecule has 1 atom stereocenters. The van der Waals surface area contributed by atoms with Gasteiger partial charge in [-0.2, -0.15) is 0 Å². The number of esters is 1. The summed E-state index contributed by atoms with van der Waals surface area (Å²) in [5.74, 6) is -0.191. The molecular weight excluding hydrogens is 240 g/mol. The van der Waals surface area contributed by atoms with Gasteiger partial charge in [0, 0.05) is 19.3 Å². The van der Waals surface area contributed by atoms with E-state index in [1.54, 1.807) is 0 Å². The first kappa shape index (κ1) is 15.5. The first-order valence-electron chi connectivity index (χ1n) is 6.76. The van der Waals surface area contributed by atoms with Crippen molar-refractivity contribution < 1.29 is 9.53 Å². The summed E-state index contributed by atoms with van der Waals surface area (Å²) in [6, 6.07) is 7.93. The van der Waals surface area contributed by atoms with Crippen LogP contribution in [-0.2, 0) is 9.53 Å².